The Morgan fingerprint density at radius 3 is 2.72 bits per heavy atom. The molecule has 11 heteroatoms. The SMILES string of the molecule is Cc1ccc(N2CC(c3nnc(NC(=O)c4ccc(Cl)cc4[N+](=O)[O-])s3)CC2=O)cc1C. The Hall–Kier alpha value is -3.37. The lowest BCUT2D eigenvalue weighted by atomic mass is 10.1. The second kappa shape index (κ2) is 8.64. The largest absolute Gasteiger partial charge is 0.312 e. The molecule has 1 fully saturated rings. The molecule has 2 heterocycles. The van der Waals surface area contributed by atoms with Gasteiger partial charge >= 0.3 is 0 Å². The highest BCUT2D eigenvalue weighted by Gasteiger charge is 2.34. The number of nitrogens with one attached hydrogen (secondary N) is 1. The summed E-state index contributed by atoms with van der Waals surface area (Å²) in [7, 11) is 0. The summed E-state index contributed by atoms with van der Waals surface area (Å²) in [5.74, 6) is -0.844. The highest BCUT2D eigenvalue weighted by atomic mass is 35.5. The van der Waals surface area contributed by atoms with Crippen molar-refractivity contribution in [2.24, 2.45) is 0 Å². The van der Waals surface area contributed by atoms with E-state index in [-0.39, 0.29) is 34.0 Å². The summed E-state index contributed by atoms with van der Waals surface area (Å²) >= 11 is 6.94. The average Bonchev–Trinajstić information content (AvgIpc) is 3.36. The maximum Gasteiger partial charge on any atom is 0.283 e. The molecule has 9 nitrogen and oxygen atoms in total. The first kappa shape index (κ1) is 21.8. The molecule has 0 aliphatic carbocycles. The predicted molar refractivity (Wildman–Crippen MR) is 122 cm³/mol. The van der Waals surface area contributed by atoms with E-state index < -0.39 is 16.5 Å². The summed E-state index contributed by atoms with van der Waals surface area (Å²) < 4.78 is 0. The average molecular weight is 472 g/mol. The van der Waals surface area contributed by atoms with Crippen LogP contribution in [0, 0.1) is 24.0 Å². The molecule has 2 aromatic carbocycles. The van der Waals surface area contributed by atoms with Gasteiger partial charge in [0.1, 0.15) is 10.6 Å². The number of halogens is 1. The molecular formula is C21H18ClN5O4S. The third-order valence-corrected chi connectivity index (χ3v) is 6.57. The molecule has 1 aliphatic heterocycles. The van der Waals surface area contributed by atoms with E-state index in [9.17, 15) is 19.7 Å². The summed E-state index contributed by atoms with van der Waals surface area (Å²) in [6, 6.07) is 9.70. The van der Waals surface area contributed by atoms with E-state index in [0.717, 1.165) is 34.2 Å². The van der Waals surface area contributed by atoms with Gasteiger partial charge in [0.15, 0.2) is 0 Å². The van der Waals surface area contributed by atoms with Crippen molar-refractivity contribution < 1.29 is 14.5 Å². The van der Waals surface area contributed by atoms with Gasteiger partial charge in [-0.15, -0.1) is 10.2 Å². The Morgan fingerprint density at radius 2 is 2.00 bits per heavy atom. The third-order valence-electron chi connectivity index (χ3n) is 5.34. The molecule has 0 bridgehead atoms. The van der Waals surface area contributed by atoms with Crippen molar-refractivity contribution in [1.29, 1.82) is 0 Å². The van der Waals surface area contributed by atoms with Gasteiger partial charge in [-0.1, -0.05) is 29.0 Å². The van der Waals surface area contributed by atoms with E-state index in [0.29, 0.717) is 11.6 Å². The molecule has 1 aromatic heterocycles. The molecule has 164 valence electrons. The van der Waals surface area contributed by atoms with Crippen LogP contribution in [0.2, 0.25) is 5.02 Å². The molecule has 2 amide bonds. The first-order chi connectivity index (χ1) is 15.2. The summed E-state index contributed by atoms with van der Waals surface area (Å²) in [6.45, 7) is 4.48. The van der Waals surface area contributed by atoms with Crippen LogP contribution in [0.3, 0.4) is 0 Å². The van der Waals surface area contributed by atoms with Crippen LogP contribution in [0.5, 0.6) is 0 Å². The lowest BCUT2D eigenvalue weighted by Crippen LogP contribution is -2.24. The zero-order valence-electron chi connectivity index (χ0n) is 17.2. The highest BCUT2D eigenvalue weighted by molar-refractivity contribution is 7.15. The van der Waals surface area contributed by atoms with Gasteiger partial charge in [0.05, 0.1) is 4.92 Å². The fourth-order valence-corrected chi connectivity index (χ4v) is 4.47. The fraction of sp³-hybridized carbons (Fsp3) is 0.238. The molecule has 0 spiro atoms. The lowest BCUT2D eigenvalue weighted by Gasteiger charge is -2.17. The Kier molecular flexibility index (Phi) is 5.90. The minimum Gasteiger partial charge on any atom is -0.312 e. The van der Waals surface area contributed by atoms with Crippen LogP contribution < -0.4 is 10.2 Å². The molecule has 4 rings (SSSR count). The molecule has 1 saturated heterocycles. The number of hydrogen-bond acceptors (Lipinski definition) is 7. The van der Waals surface area contributed by atoms with E-state index in [1.54, 1.807) is 4.90 Å². The summed E-state index contributed by atoms with van der Waals surface area (Å²) in [6.07, 6.45) is 0.290. The van der Waals surface area contributed by atoms with Crippen molar-refractivity contribution in [3.8, 4) is 0 Å². The van der Waals surface area contributed by atoms with Gasteiger partial charge < -0.3 is 4.90 Å². The smallest absolute Gasteiger partial charge is 0.283 e. The molecule has 1 atom stereocenters. The molecule has 1 N–H and O–H groups in total. The zero-order valence-corrected chi connectivity index (χ0v) is 18.7. The van der Waals surface area contributed by atoms with Gasteiger partial charge in [0, 0.05) is 35.7 Å². The van der Waals surface area contributed by atoms with Crippen LogP contribution in [0.15, 0.2) is 36.4 Å². The predicted octanol–water partition coefficient (Wildman–Crippen LogP) is 4.49. The number of nitrogens with zero attached hydrogens (tertiary/aromatic N) is 4. The Labute approximate surface area is 192 Å². The fourth-order valence-electron chi connectivity index (χ4n) is 3.48. The molecular weight excluding hydrogens is 454 g/mol. The van der Waals surface area contributed by atoms with Crippen LogP contribution >= 0.6 is 22.9 Å². The van der Waals surface area contributed by atoms with Crippen molar-refractivity contribution >= 4 is 51.3 Å². The normalized spacial score (nSPS) is 15.8. The first-order valence-electron chi connectivity index (χ1n) is 9.69. The van der Waals surface area contributed by atoms with E-state index in [1.165, 1.54) is 12.1 Å². The molecule has 3 aromatic rings. The van der Waals surface area contributed by atoms with Gasteiger partial charge in [-0.2, -0.15) is 0 Å². The van der Waals surface area contributed by atoms with Crippen LogP contribution in [0.25, 0.3) is 0 Å². The second-order valence-corrected chi connectivity index (χ2v) is 8.94. The monoisotopic (exact) mass is 471 g/mol. The number of amides is 2. The maximum absolute atomic E-state index is 12.6. The van der Waals surface area contributed by atoms with Crippen molar-refractivity contribution in [3.05, 3.63) is 73.2 Å². The van der Waals surface area contributed by atoms with Crippen LogP contribution in [0.1, 0.15) is 38.8 Å². The number of nitro groups is 1. The van der Waals surface area contributed by atoms with Crippen LogP contribution in [0.4, 0.5) is 16.5 Å². The van der Waals surface area contributed by atoms with E-state index in [1.807, 2.05) is 32.0 Å². The second-order valence-electron chi connectivity index (χ2n) is 7.49. The number of aryl methyl sites for hydroxylation is 2. The molecule has 32 heavy (non-hydrogen) atoms. The number of benzene rings is 2. The van der Waals surface area contributed by atoms with Gasteiger partial charge in [0.2, 0.25) is 11.0 Å². The third kappa shape index (κ3) is 4.32. The van der Waals surface area contributed by atoms with Crippen LogP contribution in [-0.4, -0.2) is 33.5 Å². The number of rotatable bonds is 5. The van der Waals surface area contributed by atoms with Crippen molar-refractivity contribution in [2.45, 2.75) is 26.2 Å². The molecule has 0 saturated carbocycles. The first-order valence-corrected chi connectivity index (χ1v) is 10.9. The standard InChI is InChI=1S/C21H18ClN5O4S/c1-11-3-5-15(7-12(11)2)26-10-13(8-18(26)28)20-24-25-21(32-20)23-19(29)16-6-4-14(22)9-17(16)27(30)31/h3-7,9,13H,8,10H2,1-2H3,(H,23,25,29). The number of aromatic nitrogens is 2. The molecule has 1 unspecified atom stereocenters. The van der Waals surface area contributed by atoms with Crippen LogP contribution in [-0.2, 0) is 4.79 Å². The minimum absolute atomic E-state index is 0.00386. The van der Waals surface area contributed by atoms with E-state index in [4.69, 9.17) is 11.6 Å². The number of carbonyl (C=O) groups excluding carboxylic acids is 2. The zero-order chi connectivity index (χ0) is 23.0. The highest BCUT2D eigenvalue weighted by Crippen LogP contribution is 2.35. The van der Waals surface area contributed by atoms with E-state index in [2.05, 4.69) is 15.5 Å². The number of hydrogen-bond donors (Lipinski definition) is 1. The number of anilines is 2. The van der Waals surface area contributed by atoms with Crippen molar-refractivity contribution in [1.82, 2.24) is 10.2 Å². The maximum atomic E-state index is 12.6. The topological polar surface area (TPSA) is 118 Å². The molecule has 0 radical (unpaired) electrons. The summed E-state index contributed by atoms with van der Waals surface area (Å²) in [4.78, 5) is 37.4. The minimum atomic E-state index is -0.685. The molecule has 1 aliphatic rings. The Balaban J connectivity index is 1.49. The summed E-state index contributed by atoms with van der Waals surface area (Å²) in [5.41, 5.74) is 2.57. The Morgan fingerprint density at radius 1 is 1.22 bits per heavy atom. The lowest BCUT2D eigenvalue weighted by molar-refractivity contribution is -0.385. The number of carbonyl (C=O) groups is 2. The van der Waals surface area contributed by atoms with Gasteiger partial charge in [-0.25, -0.2) is 0 Å². The van der Waals surface area contributed by atoms with Gasteiger partial charge in [-0.3, -0.25) is 25.0 Å². The quantitative estimate of drug-likeness (QED) is 0.432. The van der Waals surface area contributed by atoms with E-state index >= 15 is 0 Å². The van der Waals surface area contributed by atoms with Crippen molar-refractivity contribution in [2.75, 3.05) is 16.8 Å². The van der Waals surface area contributed by atoms with Crippen molar-refractivity contribution in [3.63, 3.8) is 0 Å². The number of nitro benzene ring substituents is 1. The van der Waals surface area contributed by atoms with Gasteiger partial charge in [-0.05, 0) is 49.2 Å². The van der Waals surface area contributed by atoms with Gasteiger partial charge in [0.25, 0.3) is 11.6 Å². The Bertz CT molecular complexity index is 1240. The summed E-state index contributed by atoms with van der Waals surface area (Å²) in [5, 5.41) is 22.9.